The van der Waals surface area contributed by atoms with Gasteiger partial charge in [0.2, 0.25) is 5.91 Å². The summed E-state index contributed by atoms with van der Waals surface area (Å²) in [5.41, 5.74) is 9.10. The predicted octanol–water partition coefficient (Wildman–Crippen LogP) is 5.82. The lowest BCUT2D eigenvalue weighted by Crippen LogP contribution is -2.14. The van der Waals surface area contributed by atoms with Crippen LogP contribution in [0.25, 0.3) is 0 Å². The second-order valence-electron chi connectivity index (χ2n) is 6.38. The maximum atomic E-state index is 12.2. The molecule has 1 amide bonds. The molecule has 0 saturated heterocycles. The molecule has 0 atom stereocenters. The van der Waals surface area contributed by atoms with E-state index in [9.17, 15) is 4.79 Å². The number of benzene rings is 2. The minimum absolute atomic E-state index is 0.0547. The van der Waals surface area contributed by atoms with Crippen LogP contribution in [0.5, 0.6) is 0 Å². The number of carbonyl (C=O) groups excluding carboxylic acids is 1. The van der Waals surface area contributed by atoms with Crippen LogP contribution < -0.4 is 5.32 Å². The van der Waals surface area contributed by atoms with Crippen molar-refractivity contribution in [1.82, 2.24) is 0 Å². The van der Waals surface area contributed by atoms with Gasteiger partial charge in [-0.2, -0.15) is 0 Å². The van der Waals surface area contributed by atoms with Gasteiger partial charge in [0, 0.05) is 16.3 Å². The van der Waals surface area contributed by atoms with Gasteiger partial charge in [-0.05, 0) is 92.5 Å². The summed E-state index contributed by atoms with van der Waals surface area (Å²) < 4.78 is 0. The average molecular weight is 374 g/mol. The first-order valence-corrected chi connectivity index (χ1v) is 10.8. The first-order valence-electron chi connectivity index (χ1n) is 8.42. The Hall–Kier alpha value is -1.39. The molecule has 134 valence electrons. The zero-order chi connectivity index (χ0) is 18.6. The Morgan fingerprint density at radius 3 is 2.16 bits per heavy atom. The molecule has 2 aromatic rings. The van der Waals surface area contributed by atoms with E-state index in [2.05, 4.69) is 39.9 Å². The zero-order valence-electron chi connectivity index (χ0n) is 15.9. The number of rotatable bonds is 6. The molecule has 0 aliphatic rings. The Labute approximate surface area is 160 Å². The zero-order valence-corrected chi connectivity index (χ0v) is 17.6. The number of nitrogens with one attached hydrogen (secondary N) is 1. The highest BCUT2D eigenvalue weighted by Crippen LogP contribution is 2.29. The molecule has 0 unspecified atom stereocenters. The van der Waals surface area contributed by atoms with E-state index in [-0.39, 0.29) is 5.91 Å². The SMILES string of the molecule is CSc1cccc(NC(=O)CSCc2c(C)c(C)c(C)c(C)c2C)c1. The van der Waals surface area contributed by atoms with E-state index in [1.807, 2.05) is 30.5 Å². The summed E-state index contributed by atoms with van der Waals surface area (Å²) in [6, 6.07) is 7.96. The van der Waals surface area contributed by atoms with Gasteiger partial charge in [0.1, 0.15) is 0 Å². The second kappa shape index (κ2) is 8.81. The molecule has 2 nitrogen and oxygen atoms in total. The van der Waals surface area contributed by atoms with Gasteiger partial charge >= 0.3 is 0 Å². The van der Waals surface area contributed by atoms with Crippen LogP contribution in [0.2, 0.25) is 0 Å². The Kier molecular flexibility index (Phi) is 7.03. The van der Waals surface area contributed by atoms with Crippen LogP contribution >= 0.6 is 23.5 Å². The molecule has 0 aliphatic heterocycles. The Morgan fingerprint density at radius 1 is 0.960 bits per heavy atom. The highest BCUT2D eigenvalue weighted by molar-refractivity contribution is 7.99. The van der Waals surface area contributed by atoms with E-state index >= 15 is 0 Å². The molecule has 0 bridgehead atoms. The molecule has 0 fully saturated rings. The molecular weight excluding hydrogens is 346 g/mol. The molecule has 25 heavy (non-hydrogen) atoms. The van der Waals surface area contributed by atoms with Crippen molar-refractivity contribution in [2.75, 3.05) is 17.3 Å². The number of thioether (sulfide) groups is 2. The van der Waals surface area contributed by atoms with Crippen LogP contribution in [-0.2, 0) is 10.5 Å². The van der Waals surface area contributed by atoms with Gasteiger partial charge in [-0.1, -0.05) is 6.07 Å². The highest BCUT2D eigenvalue weighted by atomic mass is 32.2. The van der Waals surface area contributed by atoms with Crippen LogP contribution in [0.15, 0.2) is 29.2 Å². The van der Waals surface area contributed by atoms with Gasteiger partial charge in [0.25, 0.3) is 0 Å². The van der Waals surface area contributed by atoms with E-state index in [0.29, 0.717) is 5.75 Å². The summed E-state index contributed by atoms with van der Waals surface area (Å²) in [6.07, 6.45) is 2.03. The summed E-state index contributed by atoms with van der Waals surface area (Å²) in [6.45, 7) is 11.0. The van der Waals surface area contributed by atoms with Crippen LogP contribution in [0.1, 0.15) is 33.4 Å². The van der Waals surface area contributed by atoms with E-state index in [1.165, 1.54) is 33.4 Å². The van der Waals surface area contributed by atoms with Crippen molar-refractivity contribution in [2.45, 2.75) is 45.3 Å². The van der Waals surface area contributed by atoms with Crippen molar-refractivity contribution in [3.63, 3.8) is 0 Å². The quantitative estimate of drug-likeness (QED) is 0.647. The number of carbonyl (C=O) groups is 1. The fraction of sp³-hybridized carbons (Fsp3) is 0.381. The van der Waals surface area contributed by atoms with Crippen LogP contribution in [0.3, 0.4) is 0 Å². The van der Waals surface area contributed by atoms with Crippen LogP contribution in [0, 0.1) is 34.6 Å². The third-order valence-corrected chi connectivity index (χ3v) is 6.67. The highest BCUT2D eigenvalue weighted by Gasteiger charge is 2.13. The molecule has 0 aromatic heterocycles. The predicted molar refractivity (Wildman–Crippen MR) is 113 cm³/mol. The van der Waals surface area contributed by atoms with Gasteiger partial charge in [0.15, 0.2) is 0 Å². The van der Waals surface area contributed by atoms with Gasteiger partial charge in [-0.15, -0.1) is 23.5 Å². The fourth-order valence-electron chi connectivity index (χ4n) is 2.94. The first-order chi connectivity index (χ1) is 11.8. The number of amides is 1. The lowest BCUT2D eigenvalue weighted by molar-refractivity contribution is -0.113. The van der Waals surface area contributed by atoms with Gasteiger partial charge in [0.05, 0.1) is 5.75 Å². The van der Waals surface area contributed by atoms with Gasteiger partial charge in [-0.25, -0.2) is 0 Å². The van der Waals surface area contributed by atoms with Gasteiger partial charge < -0.3 is 5.32 Å². The summed E-state index contributed by atoms with van der Waals surface area (Å²) in [7, 11) is 0. The van der Waals surface area contributed by atoms with Crippen LogP contribution in [-0.4, -0.2) is 17.9 Å². The Balaban J connectivity index is 1.98. The largest absolute Gasteiger partial charge is 0.325 e. The minimum atomic E-state index is 0.0547. The second-order valence-corrected chi connectivity index (χ2v) is 8.24. The van der Waals surface area contributed by atoms with Crippen molar-refractivity contribution in [1.29, 1.82) is 0 Å². The van der Waals surface area contributed by atoms with E-state index in [4.69, 9.17) is 0 Å². The molecule has 0 saturated carbocycles. The fourth-order valence-corrected chi connectivity index (χ4v) is 4.39. The third kappa shape index (κ3) is 4.83. The average Bonchev–Trinajstić information content (AvgIpc) is 2.61. The third-order valence-electron chi connectivity index (χ3n) is 4.99. The summed E-state index contributed by atoms with van der Waals surface area (Å²) >= 11 is 3.35. The lowest BCUT2D eigenvalue weighted by Gasteiger charge is -2.18. The van der Waals surface area contributed by atoms with E-state index in [0.717, 1.165) is 16.3 Å². The Bertz CT molecular complexity index is 755. The molecule has 0 heterocycles. The van der Waals surface area contributed by atoms with Crippen molar-refractivity contribution >= 4 is 35.1 Å². The molecule has 0 radical (unpaired) electrons. The molecular formula is C21H27NOS2. The standard InChI is InChI=1S/C21H27NOS2/c1-13-14(2)16(4)20(17(5)15(13)3)11-25-12-21(23)22-18-8-7-9-19(10-18)24-6/h7-10H,11-12H2,1-6H3,(H,22,23). The van der Waals surface area contributed by atoms with Crippen molar-refractivity contribution in [3.05, 3.63) is 57.6 Å². The number of hydrogen-bond acceptors (Lipinski definition) is 3. The molecule has 4 heteroatoms. The maximum absolute atomic E-state index is 12.2. The normalized spacial score (nSPS) is 10.8. The summed E-state index contributed by atoms with van der Waals surface area (Å²) in [5, 5.41) is 2.99. The molecule has 2 aromatic carbocycles. The lowest BCUT2D eigenvalue weighted by atomic mass is 9.90. The maximum Gasteiger partial charge on any atom is 0.234 e. The summed E-state index contributed by atoms with van der Waals surface area (Å²) in [4.78, 5) is 13.4. The van der Waals surface area contributed by atoms with Crippen molar-refractivity contribution in [2.24, 2.45) is 0 Å². The van der Waals surface area contributed by atoms with Crippen molar-refractivity contribution in [3.8, 4) is 0 Å². The minimum Gasteiger partial charge on any atom is -0.325 e. The molecule has 0 spiro atoms. The van der Waals surface area contributed by atoms with Crippen LogP contribution in [0.4, 0.5) is 5.69 Å². The summed E-state index contributed by atoms with van der Waals surface area (Å²) in [5.74, 6) is 1.39. The smallest absolute Gasteiger partial charge is 0.234 e. The van der Waals surface area contributed by atoms with E-state index < -0.39 is 0 Å². The molecule has 2 rings (SSSR count). The van der Waals surface area contributed by atoms with Gasteiger partial charge in [-0.3, -0.25) is 4.79 Å². The number of anilines is 1. The first kappa shape index (κ1) is 19.9. The Morgan fingerprint density at radius 2 is 1.56 bits per heavy atom. The topological polar surface area (TPSA) is 29.1 Å². The number of hydrogen-bond donors (Lipinski definition) is 1. The van der Waals surface area contributed by atoms with Crippen molar-refractivity contribution < 1.29 is 4.79 Å². The van der Waals surface area contributed by atoms with E-state index in [1.54, 1.807) is 23.5 Å². The molecule has 0 aliphatic carbocycles. The monoisotopic (exact) mass is 373 g/mol. The molecule has 1 N–H and O–H groups in total.